The summed E-state index contributed by atoms with van der Waals surface area (Å²) in [5, 5.41) is 23.7. The van der Waals surface area contributed by atoms with Crippen LogP contribution < -0.4 is 0 Å². The normalized spacial score (nSPS) is 43.0. The Labute approximate surface area is 219 Å². The molecule has 7 heteroatoms. The Morgan fingerprint density at radius 3 is 2.30 bits per heavy atom. The van der Waals surface area contributed by atoms with E-state index in [1.165, 1.54) is 0 Å². The van der Waals surface area contributed by atoms with Gasteiger partial charge < -0.3 is 19.7 Å². The van der Waals surface area contributed by atoms with Gasteiger partial charge in [0, 0.05) is 22.5 Å². The first-order valence-corrected chi connectivity index (χ1v) is 13.2. The van der Waals surface area contributed by atoms with Crippen molar-refractivity contribution < 1.29 is 34.1 Å². The van der Waals surface area contributed by atoms with Crippen molar-refractivity contribution in [2.45, 2.75) is 79.6 Å². The molecule has 0 heterocycles. The van der Waals surface area contributed by atoms with Crippen molar-refractivity contribution in [3.8, 4) is 0 Å². The Bertz CT molecular complexity index is 1160. The second-order valence-electron chi connectivity index (χ2n) is 11.9. The average Bonchev–Trinajstić information content (AvgIpc) is 3.41. The van der Waals surface area contributed by atoms with E-state index in [0.29, 0.717) is 28.7 Å². The Kier molecular flexibility index (Phi) is 6.73. The van der Waals surface area contributed by atoms with Crippen LogP contribution in [-0.4, -0.2) is 52.4 Å². The molecule has 0 saturated heterocycles. The molecule has 1 spiro atoms. The highest BCUT2D eigenvalue weighted by Gasteiger charge is 2.77. The van der Waals surface area contributed by atoms with Crippen molar-refractivity contribution in [1.82, 2.24) is 0 Å². The molecule has 7 nitrogen and oxygen atoms in total. The van der Waals surface area contributed by atoms with Crippen molar-refractivity contribution in [2.24, 2.45) is 34.5 Å². The van der Waals surface area contributed by atoms with Gasteiger partial charge in [-0.15, -0.1) is 0 Å². The predicted molar refractivity (Wildman–Crippen MR) is 138 cm³/mol. The fourth-order valence-electron chi connectivity index (χ4n) is 7.37. The van der Waals surface area contributed by atoms with Crippen LogP contribution in [0.3, 0.4) is 0 Å². The number of Topliss-reactive ketones (excluding diaryl/α,β-unsaturated/α-hetero) is 1. The van der Waals surface area contributed by atoms with Gasteiger partial charge in [0.25, 0.3) is 0 Å². The zero-order valence-corrected chi connectivity index (χ0v) is 23.1. The number of carbonyl (C=O) groups excluding carboxylic acids is 3. The van der Waals surface area contributed by atoms with Crippen LogP contribution in [0, 0.1) is 34.5 Å². The first-order chi connectivity index (χ1) is 17.2. The quantitative estimate of drug-likeness (QED) is 0.327. The van der Waals surface area contributed by atoms with Gasteiger partial charge in [0.15, 0.2) is 17.5 Å². The van der Waals surface area contributed by atoms with Gasteiger partial charge in [0.05, 0.1) is 12.0 Å². The van der Waals surface area contributed by atoms with Crippen LogP contribution >= 0.6 is 0 Å². The summed E-state index contributed by atoms with van der Waals surface area (Å²) in [5.41, 5.74) is -1.92. The second kappa shape index (κ2) is 9.05. The standard InChI is InChI=1S/C30H40O7/c1-9-15(3)26(33)36-14-28(8)21-12-19(7)29-13-18(6)23(31)30(29,35)25(37-27(34)16(4)10-2)17(5)11-20(22(21)28)24(29)32/h9-11,13,19-23,25,31,35H,12,14H2,1-8H3/b15-9+,16-10+/t19-,20+,21-,22+,23+,25-,28-,29+,30-/m1/s1. The van der Waals surface area contributed by atoms with Gasteiger partial charge in [0.1, 0.15) is 6.10 Å². The summed E-state index contributed by atoms with van der Waals surface area (Å²) in [6.07, 6.45) is 4.91. The maximum Gasteiger partial charge on any atom is 0.334 e. The van der Waals surface area contributed by atoms with Crippen molar-refractivity contribution in [3.05, 3.63) is 46.6 Å². The summed E-state index contributed by atoms with van der Waals surface area (Å²) in [7, 11) is 0. The lowest BCUT2D eigenvalue weighted by Gasteiger charge is -2.49. The Hall–Kier alpha value is -2.51. The molecule has 9 atom stereocenters. The minimum absolute atomic E-state index is 0.0960. The third-order valence-corrected chi connectivity index (χ3v) is 9.89. The number of ketones is 1. The Morgan fingerprint density at radius 1 is 1.11 bits per heavy atom. The van der Waals surface area contributed by atoms with Gasteiger partial charge in [-0.1, -0.05) is 38.2 Å². The van der Waals surface area contributed by atoms with Gasteiger partial charge in [-0.25, -0.2) is 9.59 Å². The van der Waals surface area contributed by atoms with E-state index >= 15 is 0 Å². The van der Waals surface area contributed by atoms with Gasteiger partial charge in [-0.05, 0) is 76.9 Å². The second-order valence-corrected chi connectivity index (χ2v) is 11.9. The van der Waals surface area contributed by atoms with E-state index in [1.807, 2.05) is 13.0 Å². The van der Waals surface area contributed by atoms with E-state index in [-0.39, 0.29) is 36.1 Å². The molecule has 37 heavy (non-hydrogen) atoms. The zero-order valence-electron chi connectivity index (χ0n) is 23.1. The number of allylic oxidation sites excluding steroid dienone is 3. The Balaban J connectivity index is 1.80. The van der Waals surface area contributed by atoms with Crippen LogP contribution in [0.2, 0.25) is 0 Å². The minimum atomic E-state index is -2.03. The summed E-state index contributed by atoms with van der Waals surface area (Å²) < 4.78 is 11.5. The largest absolute Gasteiger partial charge is 0.462 e. The fraction of sp³-hybridized carbons (Fsp3) is 0.633. The summed E-state index contributed by atoms with van der Waals surface area (Å²) >= 11 is 0. The monoisotopic (exact) mass is 512 g/mol. The third kappa shape index (κ3) is 3.64. The molecule has 2 bridgehead atoms. The number of aliphatic hydroxyl groups excluding tert-OH is 1. The van der Waals surface area contributed by atoms with Gasteiger partial charge in [0.2, 0.25) is 0 Å². The molecule has 4 aliphatic rings. The molecule has 0 aromatic rings. The van der Waals surface area contributed by atoms with Crippen LogP contribution in [0.5, 0.6) is 0 Å². The van der Waals surface area contributed by atoms with E-state index < -0.39 is 40.5 Å². The van der Waals surface area contributed by atoms with Gasteiger partial charge >= 0.3 is 11.9 Å². The van der Waals surface area contributed by atoms with E-state index in [2.05, 4.69) is 6.92 Å². The molecule has 0 amide bonds. The van der Waals surface area contributed by atoms with E-state index in [1.54, 1.807) is 59.8 Å². The van der Waals surface area contributed by atoms with E-state index in [4.69, 9.17) is 9.47 Å². The first-order valence-electron chi connectivity index (χ1n) is 13.2. The lowest BCUT2D eigenvalue weighted by molar-refractivity contribution is -0.201. The molecule has 0 radical (unpaired) electrons. The maximum atomic E-state index is 14.5. The molecule has 0 unspecified atom stereocenters. The number of rotatable bonds is 5. The van der Waals surface area contributed by atoms with Gasteiger partial charge in [-0.3, -0.25) is 4.79 Å². The molecule has 202 valence electrons. The molecular formula is C30H40O7. The summed E-state index contributed by atoms with van der Waals surface area (Å²) in [4.78, 5) is 39.8. The highest BCUT2D eigenvalue weighted by atomic mass is 16.6. The average molecular weight is 513 g/mol. The highest BCUT2D eigenvalue weighted by molar-refractivity contribution is 5.96. The topological polar surface area (TPSA) is 110 Å². The third-order valence-electron chi connectivity index (χ3n) is 9.89. The van der Waals surface area contributed by atoms with Crippen LogP contribution in [0.15, 0.2) is 46.6 Å². The predicted octanol–water partition coefficient (Wildman–Crippen LogP) is 3.85. The van der Waals surface area contributed by atoms with Crippen molar-refractivity contribution in [3.63, 3.8) is 0 Å². The van der Waals surface area contributed by atoms with Gasteiger partial charge in [-0.2, -0.15) is 0 Å². The van der Waals surface area contributed by atoms with Crippen LogP contribution in [0.25, 0.3) is 0 Å². The lowest BCUT2D eigenvalue weighted by Crippen LogP contribution is -2.65. The molecule has 2 fully saturated rings. The van der Waals surface area contributed by atoms with Crippen LogP contribution in [0.1, 0.15) is 61.8 Å². The zero-order chi connectivity index (χ0) is 27.7. The lowest BCUT2D eigenvalue weighted by atomic mass is 9.59. The number of fused-ring (bicyclic) bond motifs is 3. The minimum Gasteiger partial charge on any atom is -0.462 e. The Morgan fingerprint density at radius 2 is 1.70 bits per heavy atom. The van der Waals surface area contributed by atoms with E-state index in [0.717, 1.165) is 0 Å². The highest BCUT2D eigenvalue weighted by Crippen LogP contribution is 2.72. The van der Waals surface area contributed by atoms with Crippen molar-refractivity contribution in [1.29, 1.82) is 0 Å². The first kappa shape index (κ1) is 27.5. The molecule has 4 rings (SSSR count). The number of ether oxygens (including phenoxy) is 2. The molecule has 0 aliphatic heterocycles. The SMILES string of the molecule is C/C=C(\C)C(=O)OC[C@@]1(C)[C@H]2[C@@H]3C=C(C)[C@@H](OC(=O)/C(C)=C/C)[C@]4(O)[C@@H](O)C(C)=C[C@@]4(C3=O)[C@H](C)C[C@H]21. The van der Waals surface area contributed by atoms with Crippen molar-refractivity contribution >= 4 is 17.7 Å². The summed E-state index contributed by atoms with van der Waals surface area (Å²) in [6, 6.07) is 0. The van der Waals surface area contributed by atoms with E-state index in [9.17, 15) is 24.6 Å². The molecule has 2 N–H and O–H groups in total. The number of hydrogen-bond donors (Lipinski definition) is 2. The summed E-state index contributed by atoms with van der Waals surface area (Å²) in [5.74, 6) is -2.08. The molecular weight excluding hydrogens is 472 g/mol. The number of carbonyl (C=O) groups is 3. The molecule has 0 aromatic heterocycles. The fourth-order valence-corrected chi connectivity index (χ4v) is 7.37. The van der Waals surface area contributed by atoms with Crippen LogP contribution in [-0.2, 0) is 23.9 Å². The van der Waals surface area contributed by atoms with Crippen molar-refractivity contribution in [2.75, 3.05) is 6.61 Å². The van der Waals surface area contributed by atoms with Crippen LogP contribution in [0.4, 0.5) is 0 Å². The molecule has 2 saturated carbocycles. The number of aliphatic hydroxyl groups is 2. The molecule has 4 aliphatic carbocycles. The maximum absolute atomic E-state index is 14.5. The number of hydrogen-bond acceptors (Lipinski definition) is 7. The number of esters is 2. The molecule has 0 aromatic carbocycles. The summed E-state index contributed by atoms with van der Waals surface area (Å²) in [6.45, 7) is 14.5. The smallest absolute Gasteiger partial charge is 0.334 e.